The van der Waals surface area contributed by atoms with Gasteiger partial charge in [-0.15, -0.1) is 0 Å². The minimum absolute atomic E-state index is 0.291. The summed E-state index contributed by atoms with van der Waals surface area (Å²) in [5, 5.41) is 3.70. The molecule has 0 spiro atoms. The van der Waals surface area contributed by atoms with Crippen LogP contribution in [0.3, 0.4) is 0 Å². The molecule has 0 radical (unpaired) electrons. The molecule has 2 heterocycles. The number of fused-ring (bicyclic) bond motifs is 1. The molecule has 0 saturated heterocycles. The maximum absolute atomic E-state index is 12.3. The van der Waals surface area contributed by atoms with Crippen LogP contribution in [-0.2, 0) is 20.1 Å². The van der Waals surface area contributed by atoms with Crippen LogP contribution >= 0.6 is 0 Å². The van der Waals surface area contributed by atoms with E-state index in [2.05, 4.69) is 10.3 Å². The molecule has 0 saturated carbocycles. The average molecular weight is 290 g/mol. The third-order valence-electron chi connectivity index (χ3n) is 3.36. The van der Waals surface area contributed by atoms with Crippen LogP contribution in [0.1, 0.15) is 26.3 Å². The van der Waals surface area contributed by atoms with Gasteiger partial charge in [-0.2, -0.15) is 0 Å². The minimum atomic E-state index is -0.312. The van der Waals surface area contributed by atoms with Crippen LogP contribution in [0, 0.1) is 5.92 Å². The molecule has 6 heteroatoms. The van der Waals surface area contributed by atoms with Crippen LogP contribution in [0.4, 0.5) is 0 Å². The molecule has 0 aliphatic carbocycles. The maximum Gasteiger partial charge on any atom is 0.332 e. The molecule has 2 aromatic heterocycles. The summed E-state index contributed by atoms with van der Waals surface area (Å²) in [5.74, 6) is 0.298. The van der Waals surface area contributed by atoms with Gasteiger partial charge in [0.2, 0.25) is 0 Å². The van der Waals surface area contributed by atoms with Crippen molar-refractivity contribution in [3.63, 3.8) is 0 Å². The summed E-state index contributed by atoms with van der Waals surface area (Å²) in [7, 11) is 1.51. The van der Waals surface area contributed by atoms with Crippen molar-refractivity contribution in [3.05, 3.63) is 38.7 Å². The molecular weight excluding hydrogens is 268 g/mol. The molecule has 0 aliphatic heterocycles. The van der Waals surface area contributed by atoms with Crippen molar-refractivity contribution in [1.29, 1.82) is 0 Å². The summed E-state index contributed by atoms with van der Waals surface area (Å²) >= 11 is 0. The lowest BCUT2D eigenvalue weighted by molar-refractivity contribution is 0.499. The molecule has 0 bridgehead atoms. The summed E-state index contributed by atoms with van der Waals surface area (Å²) in [6, 6.07) is 1.82. The molecule has 0 amide bonds. The van der Waals surface area contributed by atoms with Crippen molar-refractivity contribution >= 4 is 11.0 Å². The molecule has 114 valence electrons. The third kappa shape index (κ3) is 3.05. The lowest BCUT2D eigenvalue weighted by Gasteiger charge is -2.13. The topological polar surface area (TPSA) is 68.9 Å². The first-order valence-corrected chi connectivity index (χ1v) is 7.24. The van der Waals surface area contributed by atoms with Crippen molar-refractivity contribution in [1.82, 2.24) is 19.4 Å². The number of hydrogen-bond acceptors (Lipinski definition) is 4. The molecule has 0 fully saturated rings. The summed E-state index contributed by atoms with van der Waals surface area (Å²) in [4.78, 5) is 28.9. The second kappa shape index (κ2) is 6.22. The largest absolute Gasteiger partial charge is 0.332 e. The Labute approximate surface area is 123 Å². The van der Waals surface area contributed by atoms with E-state index in [1.807, 2.05) is 26.8 Å². The lowest BCUT2D eigenvalue weighted by Crippen LogP contribution is -2.39. The van der Waals surface area contributed by atoms with Crippen LogP contribution in [-0.4, -0.2) is 20.7 Å². The van der Waals surface area contributed by atoms with Gasteiger partial charge < -0.3 is 5.32 Å². The van der Waals surface area contributed by atoms with Crippen LogP contribution in [0.5, 0.6) is 0 Å². The fourth-order valence-corrected chi connectivity index (χ4v) is 2.31. The van der Waals surface area contributed by atoms with Gasteiger partial charge in [0.25, 0.3) is 5.56 Å². The highest BCUT2D eigenvalue weighted by Gasteiger charge is 2.13. The van der Waals surface area contributed by atoms with Crippen LogP contribution in [0.15, 0.2) is 21.9 Å². The molecule has 0 aliphatic rings. The Kier molecular flexibility index (Phi) is 4.57. The second-order valence-electron chi connectivity index (χ2n) is 5.65. The zero-order valence-electron chi connectivity index (χ0n) is 13.0. The van der Waals surface area contributed by atoms with Crippen LogP contribution < -0.4 is 16.6 Å². The molecule has 0 atom stereocenters. The van der Waals surface area contributed by atoms with Gasteiger partial charge in [-0.25, -0.2) is 9.78 Å². The van der Waals surface area contributed by atoms with Gasteiger partial charge in [0.1, 0.15) is 5.65 Å². The molecule has 0 unspecified atom stereocenters. The smallest absolute Gasteiger partial charge is 0.313 e. The molecule has 1 N–H and O–H groups in total. The van der Waals surface area contributed by atoms with Crippen LogP contribution in [0.25, 0.3) is 11.0 Å². The fraction of sp³-hybridized carbons (Fsp3) is 0.533. The first-order valence-electron chi connectivity index (χ1n) is 7.24. The number of nitrogens with zero attached hydrogens (tertiary/aromatic N) is 3. The number of nitrogens with one attached hydrogen (secondary N) is 1. The molecule has 0 aromatic carbocycles. The first-order chi connectivity index (χ1) is 9.95. The van der Waals surface area contributed by atoms with Gasteiger partial charge in [-0.05, 0) is 24.1 Å². The van der Waals surface area contributed by atoms with Crippen molar-refractivity contribution in [2.24, 2.45) is 13.0 Å². The summed E-state index contributed by atoms with van der Waals surface area (Å²) in [5.41, 5.74) is 0.808. The molecule has 21 heavy (non-hydrogen) atoms. The van der Waals surface area contributed by atoms with Gasteiger partial charge >= 0.3 is 5.69 Å². The van der Waals surface area contributed by atoms with Crippen molar-refractivity contribution in [2.45, 2.75) is 33.9 Å². The highest BCUT2D eigenvalue weighted by molar-refractivity contribution is 5.74. The van der Waals surface area contributed by atoms with Crippen molar-refractivity contribution in [3.8, 4) is 0 Å². The Balaban J connectivity index is 2.68. The fourth-order valence-electron chi connectivity index (χ4n) is 2.31. The Morgan fingerprint density at radius 2 is 2.05 bits per heavy atom. The molecule has 6 nitrogen and oxygen atoms in total. The van der Waals surface area contributed by atoms with E-state index in [0.717, 1.165) is 16.7 Å². The Hall–Kier alpha value is -1.95. The monoisotopic (exact) mass is 290 g/mol. The minimum Gasteiger partial charge on any atom is -0.313 e. The van der Waals surface area contributed by atoms with Gasteiger partial charge in [-0.3, -0.25) is 13.9 Å². The Bertz CT molecular complexity index is 759. The van der Waals surface area contributed by atoms with Crippen LogP contribution in [0.2, 0.25) is 0 Å². The Morgan fingerprint density at radius 1 is 1.33 bits per heavy atom. The van der Waals surface area contributed by atoms with E-state index in [-0.39, 0.29) is 11.2 Å². The number of aromatic nitrogens is 3. The predicted octanol–water partition coefficient (Wildman–Crippen LogP) is 0.861. The molecule has 2 aromatic rings. The summed E-state index contributed by atoms with van der Waals surface area (Å²) in [6.45, 7) is 8.14. The maximum atomic E-state index is 12.3. The standard InChI is InChI=1S/C15H22N4O2/c1-5-16-7-11-6-12-13(17-8-11)19(9-10(2)3)15(21)18(4)14(12)20/h6,8,10,16H,5,7,9H2,1-4H3. The van der Waals surface area contributed by atoms with E-state index >= 15 is 0 Å². The van der Waals surface area contributed by atoms with Crippen molar-refractivity contribution in [2.75, 3.05) is 6.54 Å². The van der Waals surface area contributed by atoms with Gasteiger partial charge in [0.05, 0.1) is 5.39 Å². The highest BCUT2D eigenvalue weighted by Crippen LogP contribution is 2.09. The number of rotatable bonds is 5. The third-order valence-corrected chi connectivity index (χ3v) is 3.36. The molecule has 2 rings (SSSR count). The zero-order valence-corrected chi connectivity index (χ0v) is 13.0. The second-order valence-corrected chi connectivity index (χ2v) is 5.65. The van der Waals surface area contributed by atoms with Gasteiger partial charge in [0, 0.05) is 26.3 Å². The summed E-state index contributed by atoms with van der Waals surface area (Å²) in [6.07, 6.45) is 1.72. The number of hydrogen-bond donors (Lipinski definition) is 1. The lowest BCUT2D eigenvalue weighted by atomic mass is 10.2. The zero-order chi connectivity index (χ0) is 15.6. The average Bonchev–Trinajstić information content (AvgIpc) is 2.47. The van der Waals surface area contributed by atoms with E-state index in [1.165, 1.54) is 7.05 Å². The van der Waals surface area contributed by atoms with E-state index < -0.39 is 0 Å². The van der Waals surface area contributed by atoms with Crippen molar-refractivity contribution < 1.29 is 0 Å². The van der Waals surface area contributed by atoms with E-state index in [4.69, 9.17) is 0 Å². The first kappa shape index (κ1) is 15.4. The number of pyridine rings is 1. The summed E-state index contributed by atoms with van der Waals surface area (Å²) < 4.78 is 2.74. The van der Waals surface area contributed by atoms with Gasteiger partial charge in [0.15, 0.2) is 0 Å². The predicted molar refractivity (Wildman–Crippen MR) is 83.5 cm³/mol. The Morgan fingerprint density at radius 3 is 2.67 bits per heavy atom. The normalized spacial score (nSPS) is 11.5. The quantitative estimate of drug-likeness (QED) is 0.887. The van der Waals surface area contributed by atoms with E-state index in [1.54, 1.807) is 10.8 Å². The van der Waals surface area contributed by atoms with E-state index in [0.29, 0.717) is 30.0 Å². The molecular formula is C15H22N4O2. The highest BCUT2D eigenvalue weighted by atomic mass is 16.2. The van der Waals surface area contributed by atoms with Gasteiger partial charge in [-0.1, -0.05) is 20.8 Å². The SMILES string of the molecule is CCNCc1cnc2c(c1)c(=O)n(C)c(=O)n2CC(C)C. The van der Waals surface area contributed by atoms with E-state index in [9.17, 15) is 9.59 Å².